The Morgan fingerprint density at radius 1 is 1.19 bits per heavy atom. The summed E-state index contributed by atoms with van der Waals surface area (Å²) in [6, 6.07) is 0. The number of amides is 1. The van der Waals surface area contributed by atoms with Gasteiger partial charge in [-0.05, 0) is 20.8 Å². The first-order valence-corrected chi connectivity index (χ1v) is 5.50. The Labute approximate surface area is 96.2 Å². The number of carboxylic acid groups (broad SMARTS) is 1. The molecule has 94 valence electrons. The van der Waals surface area contributed by atoms with E-state index >= 15 is 0 Å². The summed E-state index contributed by atoms with van der Waals surface area (Å²) in [6.45, 7) is 4.68. The lowest BCUT2D eigenvalue weighted by atomic mass is 10.0. The van der Waals surface area contributed by atoms with Crippen LogP contribution in [0.15, 0.2) is 0 Å². The third kappa shape index (κ3) is 10.8. The molecule has 2 N–H and O–H groups in total. The van der Waals surface area contributed by atoms with Crippen LogP contribution < -0.4 is 5.32 Å². The molecule has 0 saturated heterocycles. The van der Waals surface area contributed by atoms with Gasteiger partial charge in [-0.1, -0.05) is 25.7 Å². The Kier molecular flexibility index (Phi) is 6.53. The average molecular weight is 231 g/mol. The minimum absolute atomic E-state index is 0.422. The van der Waals surface area contributed by atoms with Crippen molar-refractivity contribution >= 4 is 12.1 Å². The number of carbonyl (C=O) groups is 2. The third-order valence-electron chi connectivity index (χ3n) is 1.78. The second-order valence-corrected chi connectivity index (χ2v) is 4.66. The quantitative estimate of drug-likeness (QED) is 0.763. The summed E-state index contributed by atoms with van der Waals surface area (Å²) < 4.78 is 4.77. The minimum Gasteiger partial charge on any atom is -0.480 e. The molecule has 1 fully saturated rings. The highest BCUT2D eigenvalue weighted by atomic mass is 16.6. The summed E-state index contributed by atoms with van der Waals surface area (Å²) in [5, 5.41) is 10.3. The van der Waals surface area contributed by atoms with Crippen LogP contribution in [0, 0.1) is 0 Å². The van der Waals surface area contributed by atoms with Crippen LogP contribution >= 0.6 is 0 Å². The van der Waals surface area contributed by atoms with Gasteiger partial charge in [-0.25, -0.2) is 4.79 Å². The van der Waals surface area contributed by atoms with Gasteiger partial charge in [0.15, 0.2) is 0 Å². The van der Waals surface area contributed by atoms with Gasteiger partial charge in [-0.3, -0.25) is 4.79 Å². The molecule has 1 rings (SSSR count). The first-order valence-electron chi connectivity index (χ1n) is 5.50. The van der Waals surface area contributed by atoms with Crippen molar-refractivity contribution in [1.29, 1.82) is 0 Å². The molecule has 1 saturated carbocycles. The molecular formula is C11H21NO4. The molecule has 1 aliphatic carbocycles. The fraction of sp³-hybridized carbons (Fsp3) is 0.818. The minimum atomic E-state index is -1.10. The molecule has 0 spiro atoms. The van der Waals surface area contributed by atoms with Gasteiger partial charge in [0.1, 0.15) is 12.1 Å². The van der Waals surface area contributed by atoms with Crippen LogP contribution in [0.25, 0.3) is 0 Å². The number of rotatable bonds is 2. The van der Waals surface area contributed by atoms with Crippen LogP contribution in [0.1, 0.15) is 46.5 Å². The predicted molar refractivity (Wildman–Crippen MR) is 60.3 cm³/mol. The standard InChI is InChI=1S/C7H13NO4.C4H8/c1-7(2,3)12-6(11)8-4-5(9)10;1-2-4-3-1/h4H2,1-3H3,(H,8,11)(H,9,10);1-4H2. The maximum Gasteiger partial charge on any atom is 0.408 e. The largest absolute Gasteiger partial charge is 0.480 e. The fourth-order valence-corrected chi connectivity index (χ4v) is 0.712. The van der Waals surface area contributed by atoms with Gasteiger partial charge >= 0.3 is 12.1 Å². The average Bonchev–Trinajstić information content (AvgIpc) is 1.93. The second kappa shape index (κ2) is 7.09. The van der Waals surface area contributed by atoms with E-state index in [-0.39, 0.29) is 0 Å². The Morgan fingerprint density at radius 3 is 1.88 bits per heavy atom. The van der Waals surface area contributed by atoms with Crippen molar-refractivity contribution in [2.45, 2.75) is 52.1 Å². The molecule has 16 heavy (non-hydrogen) atoms. The maximum atomic E-state index is 10.8. The van der Waals surface area contributed by atoms with Crippen LogP contribution in [0.4, 0.5) is 4.79 Å². The summed E-state index contributed by atoms with van der Waals surface area (Å²) in [7, 11) is 0. The summed E-state index contributed by atoms with van der Waals surface area (Å²) in [5.41, 5.74) is -0.595. The van der Waals surface area contributed by atoms with Crippen molar-refractivity contribution in [3.8, 4) is 0 Å². The van der Waals surface area contributed by atoms with Crippen molar-refractivity contribution in [3.63, 3.8) is 0 Å². The number of hydrogen-bond donors (Lipinski definition) is 2. The summed E-state index contributed by atoms with van der Waals surface area (Å²) in [4.78, 5) is 20.8. The number of carboxylic acids is 1. The van der Waals surface area contributed by atoms with E-state index < -0.39 is 24.2 Å². The lowest BCUT2D eigenvalue weighted by Gasteiger charge is -2.19. The van der Waals surface area contributed by atoms with Gasteiger partial charge < -0.3 is 15.2 Å². The maximum absolute atomic E-state index is 10.8. The van der Waals surface area contributed by atoms with Crippen molar-refractivity contribution in [2.75, 3.05) is 6.54 Å². The molecule has 1 amide bonds. The zero-order valence-electron chi connectivity index (χ0n) is 10.2. The molecule has 0 heterocycles. The highest BCUT2D eigenvalue weighted by Gasteiger charge is 2.16. The number of hydrogen-bond acceptors (Lipinski definition) is 3. The molecule has 0 aromatic rings. The van der Waals surface area contributed by atoms with Crippen molar-refractivity contribution < 1.29 is 19.4 Å². The van der Waals surface area contributed by atoms with Crippen LogP contribution in [0.3, 0.4) is 0 Å². The highest BCUT2D eigenvalue weighted by molar-refractivity contribution is 5.76. The zero-order chi connectivity index (χ0) is 12.6. The van der Waals surface area contributed by atoms with Crippen LogP contribution in [0.5, 0.6) is 0 Å². The molecule has 0 unspecified atom stereocenters. The predicted octanol–water partition coefficient (Wildman–Crippen LogP) is 2.16. The van der Waals surface area contributed by atoms with Crippen molar-refractivity contribution in [3.05, 3.63) is 0 Å². The molecule has 5 heteroatoms. The van der Waals surface area contributed by atoms with Gasteiger partial charge in [0.2, 0.25) is 0 Å². The molecule has 0 aromatic carbocycles. The Hall–Kier alpha value is -1.26. The van der Waals surface area contributed by atoms with E-state index in [0.29, 0.717) is 0 Å². The summed E-state index contributed by atoms with van der Waals surface area (Å²) in [5.74, 6) is -1.10. The van der Waals surface area contributed by atoms with Crippen molar-refractivity contribution in [1.82, 2.24) is 5.32 Å². The van der Waals surface area contributed by atoms with E-state index in [1.807, 2.05) is 0 Å². The normalized spacial score (nSPS) is 13.9. The Bertz CT molecular complexity index is 225. The van der Waals surface area contributed by atoms with Gasteiger partial charge in [-0.2, -0.15) is 0 Å². The lowest BCUT2D eigenvalue weighted by Crippen LogP contribution is -2.35. The van der Waals surface area contributed by atoms with E-state index in [2.05, 4.69) is 5.32 Å². The van der Waals surface area contributed by atoms with Crippen LogP contribution in [-0.4, -0.2) is 29.3 Å². The van der Waals surface area contributed by atoms with Gasteiger partial charge in [0.05, 0.1) is 0 Å². The first kappa shape index (κ1) is 14.7. The molecule has 0 aromatic heterocycles. The number of ether oxygens (including phenoxy) is 1. The van der Waals surface area contributed by atoms with E-state index in [9.17, 15) is 9.59 Å². The van der Waals surface area contributed by atoms with Crippen molar-refractivity contribution in [2.24, 2.45) is 0 Å². The molecule has 0 aliphatic heterocycles. The molecule has 1 aliphatic rings. The van der Waals surface area contributed by atoms with Gasteiger partial charge in [0, 0.05) is 0 Å². The summed E-state index contributed by atoms with van der Waals surface area (Å²) in [6.07, 6.45) is 5.28. The highest BCUT2D eigenvalue weighted by Crippen LogP contribution is 2.15. The first-order chi connectivity index (χ1) is 7.31. The second-order valence-electron chi connectivity index (χ2n) is 4.66. The van der Waals surface area contributed by atoms with E-state index in [1.165, 1.54) is 25.7 Å². The van der Waals surface area contributed by atoms with Crippen LogP contribution in [0.2, 0.25) is 0 Å². The molecular weight excluding hydrogens is 210 g/mol. The number of alkyl carbamates (subject to hydrolysis) is 1. The molecule has 0 atom stereocenters. The third-order valence-corrected chi connectivity index (χ3v) is 1.78. The van der Waals surface area contributed by atoms with E-state index in [0.717, 1.165) is 0 Å². The summed E-state index contributed by atoms with van der Waals surface area (Å²) >= 11 is 0. The number of nitrogens with one attached hydrogen (secondary N) is 1. The monoisotopic (exact) mass is 231 g/mol. The number of aliphatic carboxylic acids is 1. The van der Waals surface area contributed by atoms with E-state index in [4.69, 9.17) is 9.84 Å². The number of carbonyl (C=O) groups excluding carboxylic acids is 1. The molecule has 0 bridgehead atoms. The van der Waals surface area contributed by atoms with Gasteiger partial charge in [-0.15, -0.1) is 0 Å². The molecule has 0 radical (unpaired) electrons. The zero-order valence-corrected chi connectivity index (χ0v) is 10.2. The fourth-order valence-electron chi connectivity index (χ4n) is 0.712. The van der Waals surface area contributed by atoms with E-state index in [1.54, 1.807) is 20.8 Å². The van der Waals surface area contributed by atoms with Gasteiger partial charge in [0.25, 0.3) is 0 Å². The Balaban J connectivity index is 0.000000462. The SMILES string of the molecule is C1CCC1.CC(C)(C)OC(=O)NCC(=O)O. The lowest BCUT2D eigenvalue weighted by molar-refractivity contribution is -0.136. The smallest absolute Gasteiger partial charge is 0.408 e. The Morgan fingerprint density at radius 2 is 1.62 bits per heavy atom. The molecule has 5 nitrogen and oxygen atoms in total. The topological polar surface area (TPSA) is 75.6 Å². The van der Waals surface area contributed by atoms with Crippen LogP contribution in [-0.2, 0) is 9.53 Å².